The van der Waals surface area contributed by atoms with Crippen LogP contribution in [-0.2, 0) is 31.0 Å². The Labute approximate surface area is 306 Å². The topological polar surface area (TPSA) is 121 Å². The Kier molecular flexibility index (Phi) is 9.34. The normalized spacial score (nSPS) is 23.8. The monoisotopic (exact) mass is 729 g/mol. The molecule has 0 spiro atoms. The van der Waals surface area contributed by atoms with Gasteiger partial charge in [0.15, 0.2) is 0 Å². The summed E-state index contributed by atoms with van der Waals surface area (Å²) in [6, 6.07) is 6.48. The molecule has 12 heteroatoms. The number of methoxy groups -OCH3 is 1. The predicted octanol–water partition coefficient (Wildman–Crippen LogP) is 4.60. The number of aromatic nitrogens is 1. The molecule has 2 atom stereocenters. The van der Waals surface area contributed by atoms with Gasteiger partial charge >= 0.3 is 0 Å². The molecule has 6 aliphatic rings. The van der Waals surface area contributed by atoms with Crippen LogP contribution in [0.1, 0.15) is 88.3 Å². The Morgan fingerprint density at radius 3 is 2.37 bits per heavy atom. The van der Waals surface area contributed by atoms with E-state index >= 15 is 0 Å². The highest BCUT2D eigenvalue weighted by atomic mass is 32.2. The van der Waals surface area contributed by atoms with E-state index in [4.69, 9.17) is 4.74 Å². The highest BCUT2D eigenvalue weighted by Crippen LogP contribution is 2.55. The lowest BCUT2D eigenvalue weighted by Gasteiger charge is -2.39. The number of hydrogen-bond acceptors (Lipinski definition) is 7. The number of carbonyl (C=O) groups excluding carboxylic acids is 3. The Morgan fingerprint density at radius 2 is 1.67 bits per heavy atom. The molecular weight excluding hydrogens is 679 g/mol. The molecule has 2 saturated heterocycles. The second-order valence-electron chi connectivity index (χ2n) is 15.7. The number of ether oxygens (including phenoxy) is 1. The number of likely N-dealkylation sites (tertiary alicyclic amines) is 1. The highest BCUT2D eigenvalue weighted by Gasteiger charge is 2.48. The maximum Gasteiger partial charge on any atom is 0.265 e. The van der Waals surface area contributed by atoms with Crippen LogP contribution in [0.3, 0.4) is 0 Å². The first kappa shape index (κ1) is 35.1. The lowest BCUT2D eigenvalue weighted by molar-refractivity contribution is -0.138. The molecule has 2 aromatic rings. The second kappa shape index (κ2) is 13.8. The summed E-state index contributed by atoms with van der Waals surface area (Å²) in [4.78, 5) is 47.3. The quantitative estimate of drug-likeness (QED) is 0.422. The molecule has 3 aliphatic heterocycles. The van der Waals surface area contributed by atoms with E-state index in [0.717, 1.165) is 77.8 Å². The molecule has 3 fully saturated rings. The van der Waals surface area contributed by atoms with Crippen molar-refractivity contribution in [1.82, 2.24) is 24.0 Å². The average molecular weight is 730 g/mol. The highest BCUT2D eigenvalue weighted by molar-refractivity contribution is 7.90. The minimum Gasteiger partial charge on any atom is -0.496 e. The first-order valence-corrected chi connectivity index (χ1v) is 20.8. The molecule has 278 valence electrons. The summed E-state index contributed by atoms with van der Waals surface area (Å²) >= 11 is 0. The van der Waals surface area contributed by atoms with E-state index in [2.05, 4.69) is 38.5 Å². The SMILES string of the molecule is COc1ccc(C2CCCCC2)c2c1cc1n2CC2=C(C(=O)NS(=O)(=O)C(C)C)C2=C2C=CC[C@@H](C(=O)N3CCN(CC(=O)N4CCCC4)CC3)C21. The maximum atomic E-state index is 14.7. The summed E-state index contributed by atoms with van der Waals surface area (Å²) in [5, 5.41) is 0.256. The number of nitrogens with one attached hydrogen (secondary N) is 1. The van der Waals surface area contributed by atoms with Crippen molar-refractivity contribution >= 4 is 38.6 Å². The zero-order chi connectivity index (χ0) is 36.3. The number of nitrogens with zero attached hydrogens (tertiary/aromatic N) is 4. The van der Waals surface area contributed by atoms with Crippen molar-refractivity contribution in [2.45, 2.75) is 88.8 Å². The van der Waals surface area contributed by atoms with Crippen molar-refractivity contribution < 1.29 is 27.5 Å². The molecule has 1 aromatic heterocycles. The van der Waals surface area contributed by atoms with Crippen LogP contribution in [0, 0.1) is 5.92 Å². The van der Waals surface area contributed by atoms with Gasteiger partial charge in [-0.2, -0.15) is 0 Å². The van der Waals surface area contributed by atoms with E-state index in [1.54, 1.807) is 21.0 Å². The summed E-state index contributed by atoms with van der Waals surface area (Å²) in [5.74, 6) is 0.0997. The number of allylic oxidation sites excluding steroid dienone is 4. The molecule has 8 rings (SSSR count). The molecule has 0 bridgehead atoms. The summed E-state index contributed by atoms with van der Waals surface area (Å²) in [6.45, 7) is 8.00. The van der Waals surface area contributed by atoms with Crippen molar-refractivity contribution in [2.24, 2.45) is 5.92 Å². The van der Waals surface area contributed by atoms with Crippen LogP contribution in [0.15, 0.2) is 52.6 Å². The van der Waals surface area contributed by atoms with Crippen LogP contribution in [0.4, 0.5) is 0 Å². The van der Waals surface area contributed by atoms with Gasteiger partial charge in [-0.1, -0.05) is 37.5 Å². The van der Waals surface area contributed by atoms with Crippen LogP contribution in [0.25, 0.3) is 10.9 Å². The Hall–Kier alpha value is -3.90. The van der Waals surface area contributed by atoms with E-state index in [0.29, 0.717) is 57.2 Å². The van der Waals surface area contributed by atoms with E-state index in [-0.39, 0.29) is 17.7 Å². The van der Waals surface area contributed by atoms with E-state index in [1.807, 2.05) is 15.9 Å². The molecule has 3 amide bonds. The van der Waals surface area contributed by atoms with Crippen molar-refractivity contribution in [3.05, 3.63) is 63.9 Å². The summed E-state index contributed by atoms with van der Waals surface area (Å²) in [7, 11) is -2.15. The van der Waals surface area contributed by atoms with Gasteiger partial charge in [-0.3, -0.25) is 19.3 Å². The molecule has 0 radical (unpaired) electrons. The van der Waals surface area contributed by atoms with E-state index in [1.165, 1.54) is 24.8 Å². The molecule has 11 nitrogen and oxygen atoms in total. The van der Waals surface area contributed by atoms with Gasteiger partial charge in [0.1, 0.15) is 5.75 Å². The lowest BCUT2D eigenvalue weighted by atomic mass is 9.75. The van der Waals surface area contributed by atoms with Gasteiger partial charge in [-0.05, 0) is 86.3 Å². The fraction of sp³-hybridized carbons (Fsp3) is 0.575. The largest absolute Gasteiger partial charge is 0.496 e. The number of hydrogen-bond donors (Lipinski definition) is 1. The van der Waals surface area contributed by atoms with Gasteiger partial charge < -0.3 is 19.1 Å². The van der Waals surface area contributed by atoms with Gasteiger partial charge in [0, 0.05) is 62.8 Å². The van der Waals surface area contributed by atoms with Gasteiger partial charge in [0.05, 0.1) is 35.9 Å². The van der Waals surface area contributed by atoms with Crippen molar-refractivity contribution in [1.29, 1.82) is 0 Å². The van der Waals surface area contributed by atoms with Crippen molar-refractivity contribution in [3.63, 3.8) is 0 Å². The number of amides is 3. The number of fused-ring (bicyclic) bond motifs is 6. The van der Waals surface area contributed by atoms with E-state index < -0.39 is 27.1 Å². The predicted molar refractivity (Wildman–Crippen MR) is 199 cm³/mol. The third-order valence-electron chi connectivity index (χ3n) is 12.4. The third-order valence-corrected chi connectivity index (χ3v) is 14.1. The first-order chi connectivity index (χ1) is 25.1. The number of rotatable bonds is 8. The molecule has 1 saturated carbocycles. The number of sulfonamides is 1. The molecule has 1 unspecified atom stereocenters. The first-order valence-electron chi connectivity index (χ1n) is 19.3. The number of piperazine rings is 1. The summed E-state index contributed by atoms with van der Waals surface area (Å²) in [5.41, 5.74) is 6.35. The van der Waals surface area contributed by atoms with Crippen LogP contribution >= 0.6 is 0 Å². The van der Waals surface area contributed by atoms with Crippen LogP contribution in [-0.4, -0.2) is 104 Å². The van der Waals surface area contributed by atoms with Crippen LogP contribution in [0.5, 0.6) is 5.75 Å². The number of carbonyl (C=O) groups is 3. The summed E-state index contributed by atoms with van der Waals surface area (Å²) in [6.07, 6.45) is 12.6. The van der Waals surface area contributed by atoms with Gasteiger partial charge in [0.2, 0.25) is 21.8 Å². The average Bonchev–Trinajstić information content (AvgIpc) is 3.42. The molecule has 3 aliphatic carbocycles. The van der Waals surface area contributed by atoms with E-state index in [9.17, 15) is 22.8 Å². The zero-order valence-electron chi connectivity index (χ0n) is 30.7. The fourth-order valence-corrected chi connectivity index (χ4v) is 10.0. The number of benzene rings is 1. The third kappa shape index (κ3) is 6.19. The minimum atomic E-state index is -3.84. The Bertz CT molecular complexity index is 2010. The zero-order valence-corrected chi connectivity index (χ0v) is 31.5. The van der Waals surface area contributed by atoms with Crippen LogP contribution < -0.4 is 9.46 Å². The van der Waals surface area contributed by atoms with Crippen molar-refractivity contribution in [2.75, 3.05) is 52.9 Å². The summed E-state index contributed by atoms with van der Waals surface area (Å²) < 4.78 is 36.3. The van der Waals surface area contributed by atoms with Crippen LogP contribution in [0.2, 0.25) is 0 Å². The minimum absolute atomic E-state index is 0.0757. The Morgan fingerprint density at radius 1 is 0.942 bits per heavy atom. The smallest absolute Gasteiger partial charge is 0.265 e. The van der Waals surface area contributed by atoms with Gasteiger partial charge in [0.25, 0.3) is 5.91 Å². The molecule has 52 heavy (non-hydrogen) atoms. The standard InChI is InChI=1S/C40H51N5O6S/c1-25(2)52(49,50)41-39(47)37-31-23-45-32(22-30-33(51-3)15-14-27(38(30)45)26-10-5-4-6-11-26)35-28(36(31)37)12-9-13-29(35)40(48)44-20-18-42(19-21-44)24-34(46)43-16-7-8-17-43/h9,12,14-15,22,25-26,29,35H,4-8,10-11,13,16-21,23-24H2,1-3H3,(H,41,47)/t29-,35?/m1/s1. The Balaban J connectivity index is 1.17. The second-order valence-corrected chi connectivity index (χ2v) is 18.0. The van der Waals surface area contributed by atoms with Gasteiger partial charge in [-0.15, -0.1) is 0 Å². The molecular formula is C40H51N5O6S. The molecule has 1 N–H and O–H groups in total. The lowest BCUT2D eigenvalue weighted by Crippen LogP contribution is -2.53. The van der Waals surface area contributed by atoms with Gasteiger partial charge in [-0.25, -0.2) is 13.1 Å². The fourth-order valence-electron chi connectivity index (χ4n) is 9.43. The molecule has 1 aromatic carbocycles. The maximum absolute atomic E-state index is 14.7. The molecule has 4 heterocycles. The van der Waals surface area contributed by atoms with Crippen molar-refractivity contribution in [3.8, 4) is 5.75 Å².